The zero-order valence-corrected chi connectivity index (χ0v) is 17.8. The predicted molar refractivity (Wildman–Crippen MR) is 113 cm³/mol. The van der Waals surface area contributed by atoms with Crippen LogP contribution in [0.5, 0.6) is 5.75 Å². The number of nitrogens with one attached hydrogen (secondary N) is 1. The van der Waals surface area contributed by atoms with E-state index in [1.165, 1.54) is 12.0 Å². The summed E-state index contributed by atoms with van der Waals surface area (Å²) in [6.45, 7) is 3.84. The summed E-state index contributed by atoms with van der Waals surface area (Å²) in [7, 11) is 1.21. The van der Waals surface area contributed by atoms with Crippen molar-refractivity contribution in [3.8, 4) is 5.75 Å². The topological polar surface area (TPSA) is 94.2 Å². The van der Waals surface area contributed by atoms with E-state index in [-0.39, 0.29) is 25.7 Å². The summed E-state index contributed by atoms with van der Waals surface area (Å²) in [5.41, 5.74) is 0.182. The number of para-hydroxylation sites is 1. The second-order valence-electron chi connectivity index (χ2n) is 7.77. The molecule has 1 unspecified atom stereocenters. The summed E-state index contributed by atoms with van der Waals surface area (Å²) in [6, 6.07) is 15.2. The molecule has 0 radical (unpaired) electrons. The summed E-state index contributed by atoms with van der Waals surface area (Å²) in [5.74, 6) is -0.188. The van der Waals surface area contributed by atoms with E-state index in [0.29, 0.717) is 16.9 Å². The number of benzene rings is 2. The van der Waals surface area contributed by atoms with Gasteiger partial charge in [0.15, 0.2) is 0 Å². The van der Waals surface area contributed by atoms with Crippen LogP contribution in [0, 0.1) is 0 Å². The molecule has 31 heavy (non-hydrogen) atoms. The highest BCUT2D eigenvalue weighted by molar-refractivity contribution is 6.00. The molecule has 0 saturated carbocycles. The monoisotopic (exact) mass is 426 g/mol. The summed E-state index contributed by atoms with van der Waals surface area (Å²) >= 11 is 0. The molecule has 0 spiro atoms. The van der Waals surface area contributed by atoms with Gasteiger partial charge in [0.25, 0.3) is 5.91 Å². The number of ether oxygens (including phenoxy) is 3. The second-order valence-corrected chi connectivity index (χ2v) is 7.77. The average Bonchev–Trinajstić information content (AvgIpc) is 2.92. The standard InChI is InChI=1S/C23H26N2O6/c1-23(2,15-31-22(28)29-3)24-20(26)19(16-9-5-4-6-10-16)25-13-14-30-18-12-8-7-11-17(18)21(25)27/h4-12,19H,13-15H2,1-3H3,(H,24,26). The Morgan fingerprint density at radius 1 is 1.13 bits per heavy atom. The van der Waals surface area contributed by atoms with E-state index in [1.54, 1.807) is 50.2 Å². The molecule has 3 rings (SSSR count). The third kappa shape index (κ3) is 5.33. The van der Waals surface area contributed by atoms with Crippen molar-refractivity contribution in [3.63, 3.8) is 0 Å². The van der Waals surface area contributed by atoms with Gasteiger partial charge < -0.3 is 24.4 Å². The molecule has 164 valence electrons. The van der Waals surface area contributed by atoms with Crippen molar-refractivity contribution >= 4 is 18.0 Å². The lowest BCUT2D eigenvalue weighted by Crippen LogP contribution is -2.53. The van der Waals surface area contributed by atoms with Gasteiger partial charge in [-0.1, -0.05) is 42.5 Å². The Morgan fingerprint density at radius 2 is 1.81 bits per heavy atom. The number of carbonyl (C=O) groups excluding carboxylic acids is 3. The molecule has 1 atom stereocenters. The van der Waals surface area contributed by atoms with Gasteiger partial charge in [-0.25, -0.2) is 4.79 Å². The smallest absolute Gasteiger partial charge is 0.491 e. The summed E-state index contributed by atoms with van der Waals surface area (Å²) in [4.78, 5) is 39.6. The highest BCUT2D eigenvalue weighted by Gasteiger charge is 2.36. The van der Waals surface area contributed by atoms with Gasteiger partial charge in [-0.2, -0.15) is 0 Å². The Hall–Kier alpha value is -3.55. The van der Waals surface area contributed by atoms with E-state index in [4.69, 9.17) is 9.47 Å². The highest BCUT2D eigenvalue weighted by atomic mass is 16.7. The molecule has 1 heterocycles. The largest absolute Gasteiger partial charge is 0.508 e. The van der Waals surface area contributed by atoms with Crippen molar-refractivity contribution in [2.24, 2.45) is 0 Å². The number of methoxy groups -OCH3 is 1. The minimum absolute atomic E-state index is 0.0905. The SMILES string of the molecule is COC(=O)OCC(C)(C)NC(=O)C(c1ccccc1)N1CCOc2ccccc2C1=O. The summed E-state index contributed by atoms with van der Waals surface area (Å²) < 4.78 is 15.2. The molecule has 8 heteroatoms. The van der Waals surface area contributed by atoms with Gasteiger partial charge in [0.2, 0.25) is 5.91 Å². The first-order chi connectivity index (χ1) is 14.8. The lowest BCUT2D eigenvalue weighted by Gasteiger charge is -2.33. The van der Waals surface area contributed by atoms with Crippen molar-refractivity contribution in [2.75, 3.05) is 26.9 Å². The zero-order chi connectivity index (χ0) is 22.4. The van der Waals surface area contributed by atoms with Gasteiger partial charge >= 0.3 is 6.16 Å². The molecule has 1 aliphatic rings. The summed E-state index contributed by atoms with van der Waals surface area (Å²) in [6.07, 6.45) is -0.835. The maximum atomic E-state index is 13.4. The molecular formula is C23H26N2O6. The fraction of sp³-hybridized carbons (Fsp3) is 0.348. The number of amides is 2. The molecule has 0 saturated heterocycles. The molecule has 1 aliphatic heterocycles. The van der Waals surface area contributed by atoms with E-state index in [0.717, 1.165) is 0 Å². The van der Waals surface area contributed by atoms with Crippen LogP contribution in [0.3, 0.4) is 0 Å². The molecule has 8 nitrogen and oxygen atoms in total. The molecule has 0 aromatic heterocycles. The first kappa shape index (κ1) is 22.1. The molecule has 2 aromatic carbocycles. The average molecular weight is 426 g/mol. The highest BCUT2D eigenvalue weighted by Crippen LogP contribution is 2.29. The Morgan fingerprint density at radius 3 is 2.52 bits per heavy atom. The Labute approximate surface area is 181 Å². The van der Waals surface area contributed by atoms with E-state index in [2.05, 4.69) is 10.1 Å². The van der Waals surface area contributed by atoms with Crippen LogP contribution in [0.15, 0.2) is 54.6 Å². The minimum atomic E-state index is -0.888. The van der Waals surface area contributed by atoms with Gasteiger partial charge in [0.1, 0.15) is 25.0 Å². The van der Waals surface area contributed by atoms with Crippen LogP contribution < -0.4 is 10.1 Å². The van der Waals surface area contributed by atoms with E-state index in [9.17, 15) is 14.4 Å². The number of hydrogen-bond acceptors (Lipinski definition) is 6. The van der Waals surface area contributed by atoms with Gasteiger partial charge in [0.05, 0.1) is 24.8 Å². The van der Waals surface area contributed by atoms with Crippen LogP contribution in [0.1, 0.15) is 35.8 Å². The van der Waals surface area contributed by atoms with Crippen LogP contribution >= 0.6 is 0 Å². The van der Waals surface area contributed by atoms with Crippen molar-refractivity contribution < 1.29 is 28.6 Å². The lowest BCUT2D eigenvalue weighted by atomic mass is 10.00. The molecule has 0 fully saturated rings. The number of fused-ring (bicyclic) bond motifs is 1. The van der Waals surface area contributed by atoms with E-state index >= 15 is 0 Å². The number of hydrogen-bond donors (Lipinski definition) is 1. The van der Waals surface area contributed by atoms with Crippen molar-refractivity contribution in [1.82, 2.24) is 10.2 Å². The van der Waals surface area contributed by atoms with Gasteiger partial charge in [-0.3, -0.25) is 9.59 Å². The van der Waals surface area contributed by atoms with Crippen LogP contribution in [0.25, 0.3) is 0 Å². The molecule has 2 amide bonds. The predicted octanol–water partition coefficient (Wildman–Crippen LogP) is 2.94. The fourth-order valence-electron chi connectivity index (χ4n) is 3.37. The van der Waals surface area contributed by atoms with Crippen LogP contribution in [-0.4, -0.2) is 55.3 Å². The molecule has 0 aliphatic carbocycles. The van der Waals surface area contributed by atoms with Gasteiger partial charge in [0, 0.05) is 0 Å². The first-order valence-electron chi connectivity index (χ1n) is 9.93. The second kappa shape index (κ2) is 9.51. The quantitative estimate of drug-likeness (QED) is 0.714. The Kier molecular flexibility index (Phi) is 6.79. The number of carbonyl (C=O) groups is 3. The van der Waals surface area contributed by atoms with Crippen molar-refractivity contribution in [2.45, 2.75) is 25.4 Å². The van der Waals surface area contributed by atoms with E-state index in [1.807, 2.05) is 18.2 Å². The lowest BCUT2D eigenvalue weighted by molar-refractivity contribution is -0.128. The van der Waals surface area contributed by atoms with Crippen LogP contribution in [0.4, 0.5) is 4.79 Å². The van der Waals surface area contributed by atoms with Crippen molar-refractivity contribution in [1.29, 1.82) is 0 Å². The zero-order valence-electron chi connectivity index (χ0n) is 17.8. The molecule has 1 N–H and O–H groups in total. The third-order valence-corrected chi connectivity index (χ3v) is 4.82. The normalized spacial score (nSPS) is 14.5. The number of nitrogens with zero attached hydrogens (tertiary/aromatic N) is 1. The van der Waals surface area contributed by atoms with Crippen LogP contribution in [-0.2, 0) is 14.3 Å². The maximum Gasteiger partial charge on any atom is 0.508 e. The summed E-state index contributed by atoms with van der Waals surface area (Å²) in [5, 5.41) is 2.89. The molecule has 2 aromatic rings. The Bertz CT molecular complexity index is 944. The third-order valence-electron chi connectivity index (χ3n) is 4.82. The van der Waals surface area contributed by atoms with Gasteiger partial charge in [-0.15, -0.1) is 0 Å². The Balaban J connectivity index is 1.90. The fourth-order valence-corrected chi connectivity index (χ4v) is 3.37. The maximum absolute atomic E-state index is 13.4. The van der Waals surface area contributed by atoms with E-state index < -0.39 is 23.6 Å². The molecular weight excluding hydrogens is 400 g/mol. The first-order valence-corrected chi connectivity index (χ1v) is 9.93. The van der Waals surface area contributed by atoms with Crippen LogP contribution in [0.2, 0.25) is 0 Å². The minimum Gasteiger partial charge on any atom is -0.491 e. The number of rotatable bonds is 6. The van der Waals surface area contributed by atoms with Gasteiger partial charge in [-0.05, 0) is 31.5 Å². The molecule has 0 bridgehead atoms. The van der Waals surface area contributed by atoms with Crippen molar-refractivity contribution in [3.05, 3.63) is 65.7 Å².